The van der Waals surface area contributed by atoms with Gasteiger partial charge in [0.15, 0.2) is 0 Å². The van der Waals surface area contributed by atoms with Crippen LogP contribution in [-0.2, 0) is 24.7 Å². The molecule has 3 aliphatic rings. The summed E-state index contributed by atoms with van der Waals surface area (Å²) in [5.41, 5.74) is 0.946. The van der Waals surface area contributed by atoms with E-state index in [1.165, 1.54) is 22.1 Å². The quantitative estimate of drug-likeness (QED) is 0.373. The molecule has 3 aromatic rings. The topological polar surface area (TPSA) is 119 Å². The number of hydrogen-bond donors (Lipinski definition) is 3. The molecule has 38 heavy (non-hydrogen) atoms. The second kappa shape index (κ2) is 9.71. The predicted molar refractivity (Wildman–Crippen MR) is 134 cm³/mol. The fourth-order valence-corrected chi connectivity index (χ4v) is 6.09. The van der Waals surface area contributed by atoms with Crippen LogP contribution in [0.15, 0.2) is 12.4 Å². The lowest BCUT2D eigenvalue weighted by molar-refractivity contribution is -0.117. The highest BCUT2D eigenvalue weighted by molar-refractivity contribution is 7.17. The zero-order valence-electron chi connectivity index (χ0n) is 20.6. The maximum Gasteiger partial charge on any atom is 0.282 e. The van der Waals surface area contributed by atoms with Gasteiger partial charge in [-0.25, -0.2) is 13.2 Å². The summed E-state index contributed by atoms with van der Waals surface area (Å²) in [6, 6.07) is 1.15. The molecule has 202 valence electrons. The molecule has 6 rings (SSSR count). The van der Waals surface area contributed by atoms with Crippen LogP contribution in [0.25, 0.3) is 0 Å². The molecule has 3 aliphatic carbocycles. The predicted octanol–water partition coefficient (Wildman–Crippen LogP) is 3.92. The summed E-state index contributed by atoms with van der Waals surface area (Å²) in [5.74, 6) is -0.0943. The highest BCUT2D eigenvalue weighted by atomic mass is 32.1. The maximum absolute atomic E-state index is 13.5. The van der Waals surface area contributed by atoms with Crippen molar-refractivity contribution in [3.63, 3.8) is 0 Å². The third-order valence-electron chi connectivity index (χ3n) is 7.33. The van der Waals surface area contributed by atoms with Crippen molar-refractivity contribution in [1.82, 2.24) is 29.9 Å². The Kier molecular flexibility index (Phi) is 6.36. The van der Waals surface area contributed by atoms with Gasteiger partial charge < -0.3 is 16.0 Å². The number of aryl methyl sites for hydroxylation is 2. The fraction of sp³-hybridized carbons (Fsp3) is 0.542. The lowest BCUT2D eigenvalue weighted by atomic mass is 9.91. The Balaban J connectivity index is 1.26. The minimum atomic E-state index is -2.69. The number of amides is 2. The fourth-order valence-electron chi connectivity index (χ4n) is 4.85. The lowest BCUT2D eigenvalue weighted by Gasteiger charge is -2.25. The van der Waals surface area contributed by atoms with Crippen LogP contribution in [0.3, 0.4) is 0 Å². The van der Waals surface area contributed by atoms with Gasteiger partial charge in [0.25, 0.3) is 12.3 Å². The Morgan fingerprint density at radius 3 is 2.74 bits per heavy atom. The molecule has 0 spiro atoms. The van der Waals surface area contributed by atoms with Crippen molar-refractivity contribution in [3.05, 3.63) is 34.1 Å². The third-order valence-corrected chi connectivity index (χ3v) is 8.53. The van der Waals surface area contributed by atoms with E-state index in [1.54, 1.807) is 13.4 Å². The molecule has 2 amide bonds. The van der Waals surface area contributed by atoms with Crippen molar-refractivity contribution in [2.45, 2.75) is 57.2 Å². The number of aromatic nitrogens is 5. The smallest absolute Gasteiger partial charge is 0.282 e. The first kappa shape index (κ1) is 24.9. The summed E-state index contributed by atoms with van der Waals surface area (Å²) in [6.07, 6.45) is 2.01. The van der Waals surface area contributed by atoms with Crippen LogP contribution in [0.1, 0.15) is 64.6 Å². The molecule has 0 radical (unpaired) electrons. The van der Waals surface area contributed by atoms with Crippen LogP contribution in [0.2, 0.25) is 0 Å². The van der Waals surface area contributed by atoms with Crippen molar-refractivity contribution in [1.29, 1.82) is 0 Å². The first-order valence-electron chi connectivity index (χ1n) is 12.6. The molecule has 3 heterocycles. The van der Waals surface area contributed by atoms with Gasteiger partial charge in [-0.1, -0.05) is 0 Å². The highest BCUT2D eigenvalue weighted by Crippen LogP contribution is 2.43. The Labute approximate surface area is 220 Å². The SMILES string of the molecule is Cn1nc(C(F)F)cc1Nc1nncn1[C@H]1CCc2sc(NC(=O)[C@H]3C[C@@H]3F)c(C(=O)NCC3CC3)c2C1. The molecule has 0 saturated heterocycles. The molecule has 10 nitrogen and oxygen atoms in total. The minimum absolute atomic E-state index is 0.116. The number of alkyl halides is 3. The van der Waals surface area contributed by atoms with Crippen LogP contribution in [-0.4, -0.2) is 49.1 Å². The van der Waals surface area contributed by atoms with Gasteiger partial charge >= 0.3 is 0 Å². The summed E-state index contributed by atoms with van der Waals surface area (Å²) in [4.78, 5) is 26.9. The molecule has 14 heteroatoms. The zero-order chi connectivity index (χ0) is 26.6. The van der Waals surface area contributed by atoms with Crippen LogP contribution in [0.5, 0.6) is 0 Å². The van der Waals surface area contributed by atoms with E-state index in [4.69, 9.17) is 0 Å². The Hall–Kier alpha value is -3.42. The largest absolute Gasteiger partial charge is 0.352 e. The molecular weight excluding hydrogens is 521 g/mol. The first-order valence-corrected chi connectivity index (χ1v) is 13.5. The number of halogens is 3. The van der Waals surface area contributed by atoms with Gasteiger partial charge in [0.05, 0.1) is 11.5 Å². The number of hydrogen-bond acceptors (Lipinski definition) is 7. The number of anilines is 3. The number of thiophene rings is 1. The van der Waals surface area contributed by atoms with Gasteiger partial charge in [0, 0.05) is 30.6 Å². The summed E-state index contributed by atoms with van der Waals surface area (Å²) in [7, 11) is 1.56. The number of carbonyl (C=O) groups is 2. The van der Waals surface area contributed by atoms with Crippen molar-refractivity contribution >= 4 is 39.9 Å². The number of nitrogens with one attached hydrogen (secondary N) is 3. The van der Waals surface area contributed by atoms with E-state index in [0.29, 0.717) is 47.6 Å². The van der Waals surface area contributed by atoms with Crippen LogP contribution in [0, 0.1) is 11.8 Å². The van der Waals surface area contributed by atoms with Crippen molar-refractivity contribution < 1.29 is 22.8 Å². The van der Waals surface area contributed by atoms with Crippen molar-refractivity contribution in [2.24, 2.45) is 18.9 Å². The van der Waals surface area contributed by atoms with E-state index in [0.717, 1.165) is 29.7 Å². The summed E-state index contributed by atoms with van der Waals surface area (Å²) >= 11 is 1.37. The second-order valence-electron chi connectivity index (χ2n) is 10.2. The minimum Gasteiger partial charge on any atom is -0.352 e. The number of rotatable bonds is 9. The molecule has 3 N–H and O–H groups in total. The van der Waals surface area contributed by atoms with E-state index >= 15 is 0 Å². The van der Waals surface area contributed by atoms with Gasteiger partial charge in [0.1, 0.15) is 29.0 Å². The van der Waals surface area contributed by atoms with E-state index in [9.17, 15) is 22.8 Å². The Morgan fingerprint density at radius 1 is 1.26 bits per heavy atom. The third kappa shape index (κ3) is 4.88. The van der Waals surface area contributed by atoms with Gasteiger partial charge in [-0.15, -0.1) is 21.5 Å². The van der Waals surface area contributed by atoms with E-state index < -0.39 is 24.4 Å². The maximum atomic E-state index is 13.5. The van der Waals surface area contributed by atoms with Crippen LogP contribution in [0.4, 0.5) is 29.9 Å². The van der Waals surface area contributed by atoms with E-state index in [1.807, 2.05) is 4.57 Å². The molecular formula is C24H27F3N8O2S. The van der Waals surface area contributed by atoms with Crippen LogP contribution < -0.4 is 16.0 Å². The first-order chi connectivity index (χ1) is 18.3. The Morgan fingerprint density at radius 2 is 2.05 bits per heavy atom. The van der Waals surface area contributed by atoms with Gasteiger partial charge in [0.2, 0.25) is 11.9 Å². The number of fused-ring (bicyclic) bond motifs is 1. The molecule has 3 aromatic heterocycles. The average molecular weight is 549 g/mol. The van der Waals surface area contributed by atoms with Gasteiger partial charge in [-0.05, 0) is 50.0 Å². The van der Waals surface area contributed by atoms with Gasteiger partial charge in [-0.3, -0.25) is 18.8 Å². The summed E-state index contributed by atoms with van der Waals surface area (Å²) in [5, 5.41) is 21.3. The Bertz CT molecular complexity index is 1380. The standard InChI is InChI=1S/C24H27F3N8O2S/c1-34-18(8-16(33-34)20(26)27)30-24-32-29-10-35(24)12-4-5-17-14(6-12)19(22(37)28-9-11-2-3-11)23(38-17)31-21(36)13-7-15(13)25/h8,10-13,15,20H,2-7,9H2,1H3,(H,28,37)(H,30,32)(H,31,36)/t12-,13-,15-/m0/s1. The molecule has 0 bridgehead atoms. The normalized spacial score (nSPS) is 22.3. The summed E-state index contributed by atoms with van der Waals surface area (Å²) < 4.78 is 42.8. The summed E-state index contributed by atoms with van der Waals surface area (Å²) in [6.45, 7) is 0.584. The lowest BCUT2D eigenvalue weighted by Crippen LogP contribution is -2.29. The molecule has 2 fully saturated rings. The van der Waals surface area contributed by atoms with Crippen molar-refractivity contribution in [3.8, 4) is 0 Å². The molecule has 0 aromatic carbocycles. The van der Waals surface area contributed by atoms with Crippen molar-refractivity contribution in [2.75, 3.05) is 17.2 Å². The molecule has 3 atom stereocenters. The number of nitrogens with zero attached hydrogens (tertiary/aromatic N) is 5. The second-order valence-corrected chi connectivity index (χ2v) is 11.3. The molecule has 0 unspecified atom stereocenters. The molecule has 2 saturated carbocycles. The highest BCUT2D eigenvalue weighted by Gasteiger charge is 2.44. The van der Waals surface area contributed by atoms with Crippen LogP contribution >= 0.6 is 11.3 Å². The van der Waals surface area contributed by atoms with E-state index in [-0.39, 0.29) is 24.1 Å². The van der Waals surface area contributed by atoms with Gasteiger partial charge in [-0.2, -0.15) is 5.10 Å². The average Bonchev–Trinajstić information content (AvgIpc) is 3.72. The number of carbonyl (C=O) groups excluding carboxylic acids is 2. The monoisotopic (exact) mass is 548 g/mol. The molecule has 0 aliphatic heterocycles. The zero-order valence-corrected chi connectivity index (χ0v) is 21.4. The van der Waals surface area contributed by atoms with E-state index in [2.05, 4.69) is 31.2 Å².